The molecule has 0 spiro atoms. The van der Waals surface area contributed by atoms with Crippen LogP contribution in [0.15, 0.2) is 182 Å². The van der Waals surface area contributed by atoms with Gasteiger partial charge in [-0.1, -0.05) is 97.6 Å². The molecule has 6 aromatic carbocycles. The van der Waals surface area contributed by atoms with Gasteiger partial charge in [0.2, 0.25) is 0 Å². The van der Waals surface area contributed by atoms with Gasteiger partial charge in [-0.3, -0.25) is 0 Å². The number of nitrogens with zero attached hydrogens (tertiary/aromatic N) is 2. The summed E-state index contributed by atoms with van der Waals surface area (Å²) in [4.78, 5) is 4.76. The van der Waals surface area contributed by atoms with E-state index in [0.29, 0.717) is 5.92 Å². The molecule has 2 aliphatic carbocycles. The molecule has 0 saturated heterocycles. The van der Waals surface area contributed by atoms with Crippen molar-refractivity contribution in [2.75, 3.05) is 9.80 Å². The Bertz CT molecular complexity index is 2310. The van der Waals surface area contributed by atoms with Gasteiger partial charge in [0, 0.05) is 54.5 Å². The summed E-state index contributed by atoms with van der Waals surface area (Å²) in [6, 6.07) is 54.6. The number of allylic oxidation sites excluding steroid dienone is 4. The number of thiophene rings is 1. The van der Waals surface area contributed by atoms with Crippen LogP contribution in [-0.2, 0) is 0 Å². The van der Waals surface area contributed by atoms with Crippen LogP contribution >= 0.6 is 11.3 Å². The minimum atomic E-state index is 0.327. The van der Waals surface area contributed by atoms with Crippen molar-refractivity contribution in [3.05, 3.63) is 193 Å². The van der Waals surface area contributed by atoms with Gasteiger partial charge in [-0.15, -0.1) is 11.3 Å². The van der Waals surface area contributed by atoms with Crippen LogP contribution in [0.25, 0.3) is 25.7 Å². The number of rotatable bonds is 6. The molecule has 7 aromatic rings. The van der Waals surface area contributed by atoms with E-state index < -0.39 is 0 Å². The molecule has 0 N–H and O–H groups in total. The Kier molecular flexibility index (Phi) is 6.65. The minimum Gasteiger partial charge on any atom is -0.310 e. The van der Waals surface area contributed by atoms with Gasteiger partial charge in [0.1, 0.15) is 0 Å². The topological polar surface area (TPSA) is 6.48 Å². The first kappa shape index (κ1) is 27.7. The quantitative estimate of drug-likeness (QED) is 0.182. The summed E-state index contributed by atoms with van der Waals surface area (Å²) in [6.07, 6.45) is 5.64. The summed E-state index contributed by atoms with van der Waals surface area (Å²) in [5, 5.41) is 2.55. The maximum atomic E-state index is 4.62. The van der Waals surface area contributed by atoms with E-state index in [1.165, 1.54) is 42.6 Å². The average molecular weight is 621 g/mol. The molecule has 0 saturated carbocycles. The molecule has 47 heavy (non-hydrogen) atoms. The van der Waals surface area contributed by atoms with Crippen LogP contribution in [0.4, 0.5) is 28.4 Å². The maximum Gasteiger partial charge on any atom is 0.0502 e. The molecule has 1 unspecified atom stereocenters. The van der Waals surface area contributed by atoms with E-state index >= 15 is 0 Å². The van der Waals surface area contributed by atoms with Crippen LogP contribution in [0.3, 0.4) is 0 Å². The summed E-state index contributed by atoms with van der Waals surface area (Å²) in [5.41, 5.74) is 12.1. The fraction of sp³-hybridized carbons (Fsp3) is 0.0455. The molecular formula is C44H32N2S. The van der Waals surface area contributed by atoms with Gasteiger partial charge < -0.3 is 9.80 Å². The molecule has 1 atom stereocenters. The molecule has 1 aromatic heterocycles. The van der Waals surface area contributed by atoms with Crippen molar-refractivity contribution in [3.63, 3.8) is 0 Å². The van der Waals surface area contributed by atoms with Crippen molar-refractivity contribution in [1.29, 1.82) is 0 Å². The van der Waals surface area contributed by atoms with Crippen LogP contribution in [0, 0.1) is 0 Å². The second-order valence-corrected chi connectivity index (χ2v) is 13.3. The summed E-state index contributed by atoms with van der Waals surface area (Å²) in [6.45, 7) is 4.62. The first-order valence-electron chi connectivity index (χ1n) is 16.2. The van der Waals surface area contributed by atoms with Gasteiger partial charge in [-0.25, -0.2) is 0 Å². The highest BCUT2D eigenvalue weighted by molar-refractivity contribution is 7.25. The van der Waals surface area contributed by atoms with Gasteiger partial charge in [0.05, 0.1) is 5.70 Å². The molecule has 2 aliphatic rings. The zero-order valence-electron chi connectivity index (χ0n) is 25.9. The third kappa shape index (κ3) is 4.62. The Balaban J connectivity index is 1.19. The van der Waals surface area contributed by atoms with Crippen molar-refractivity contribution >= 4 is 65.5 Å². The molecule has 3 heteroatoms. The standard InChI is InChI=1S/C44H32N2S/c1-30-36-20-11-12-21-37(36)39-22-13-23-41(44(30)39)46(33-18-9-4-10-19-33)35-24-26-38-40-28-34(25-27-42(40)47-43(38)29-35)45(31-14-5-2-6-15-31)32-16-7-3-8-17-32/h2-21,23-29,39H,1,22H2. The lowest BCUT2D eigenvalue weighted by molar-refractivity contribution is 0.826. The highest BCUT2D eigenvalue weighted by Gasteiger charge is 2.35. The molecule has 9 rings (SSSR count). The highest BCUT2D eigenvalue weighted by atomic mass is 32.1. The van der Waals surface area contributed by atoms with E-state index in [4.69, 9.17) is 0 Å². The average Bonchev–Trinajstić information content (AvgIpc) is 3.64. The molecular weight excluding hydrogens is 589 g/mol. The predicted octanol–water partition coefficient (Wildman–Crippen LogP) is 12.7. The Morgan fingerprint density at radius 3 is 1.83 bits per heavy atom. The lowest BCUT2D eigenvalue weighted by Crippen LogP contribution is -2.20. The van der Waals surface area contributed by atoms with Gasteiger partial charge in [-0.2, -0.15) is 0 Å². The number of hydrogen-bond donors (Lipinski definition) is 0. The van der Waals surface area contributed by atoms with Gasteiger partial charge in [-0.05, 0) is 101 Å². The van der Waals surface area contributed by atoms with Gasteiger partial charge >= 0.3 is 0 Å². The zero-order valence-corrected chi connectivity index (χ0v) is 26.7. The highest BCUT2D eigenvalue weighted by Crippen LogP contribution is 2.52. The van der Waals surface area contributed by atoms with Crippen molar-refractivity contribution < 1.29 is 0 Å². The Morgan fingerprint density at radius 2 is 1.13 bits per heavy atom. The van der Waals surface area contributed by atoms with Crippen LogP contribution in [-0.4, -0.2) is 0 Å². The van der Waals surface area contributed by atoms with E-state index in [1.807, 2.05) is 11.3 Å². The Morgan fingerprint density at radius 1 is 0.532 bits per heavy atom. The molecule has 0 bridgehead atoms. The number of anilines is 5. The van der Waals surface area contributed by atoms with Crippen molar-refractivity contribution in [1.82, 2.24) is 0 Å². The monoisotopic (exact) mass is 620 g/mol. The van der Waals surface area contributed by atoms with Crippen molar-refractivity contribution in [3.8, 4) is 0 Å². The van der Waals surface area contributed by atoms with Crippen LogP contribution in [0.2, 0.25) is 0 Å². The smallest absolute Gasteiger partial charge is 0.0502 e. The summed E-state index contributed by atoms with van der Waals surface area (Å²) in [5.74, 6) is 0.327. The lowest BCUT2D eigenvalue weighted by Gasteiger charge is -2.31. The molecule has 0 aliphatic heterocycles. The number of benzene rings is 6. The molecule has 0 radical (unpaired) electrons. The van der Waals surface area contributed by atoms with Crippen LogP contribution in [0.5, 0.6) is 0 Å². The first-order chi connectivity index (χ1) is 23.2. The van der Waals surface area contributed by atoms with E-state index in [9.17, 15) is 0 Å². The summed E-state index contributed by atoms with van der Waals surface area (Å²) < 4.78 is 2.56. The summed E-state index contributed by atoms with van der Waals surface area (Å²) in [7, 11) is 0. The van der Waals surface area contributed by atoms with E-state index in [2.05, 4.69) is 180 Å². The predicted molar refractivity (Wildman–Crippen MR) is 202 cm³/mol. The number of hydrogen-bond acceptors (Lipinski definition) is 3. The fourth-order valence-corrected chi connectivity index (χ4v) is 8.52. The third-order valence-electron chi connectivity index (χ3n) is 9.50. The van der Waals surface area contributed by atoms with Crippen LogP contribution in [0.1, 0.15) is 23.5 Å². The Hall–Kier alpha value is -5.64. The van der Waals surface area contributed by atoms with Crippen LogP contribution < -0.4 is 9.80 Å². The Labute approximate surface area is 279 Å². The third-order valence-corrected chi connectivity index (χ3v) is 10.6. The normalized spacial score (nSPS) is 15.2. The molecule has 2 nitrogen and oxygen atoms in total. The SMILES string of the molecule is C=C1C2=C(N(c3ccccc3)c3ccc4c(c3)sc3ccc(N(c5ccccc5)c5ccccc5)cc34)C=CCC2c2ccccc21. The zero-order chi connectivity index (χ0) is 31.3. The van der Waals surface area contributed by atoms with Gasteiger partial charge in [0.25, 0.3) is 0 Å². The minimum absolute atomic E-state index is 0.327. The van der Waals surface area contributed by atoms with Crippen molar-refractivity contribution in [2.24, 2.45) is 0 Å². The largest absolute Gasteiger partial charge is 0.310 e. The summed E-state index contributed by atoms with van der Waals surface area (Å²) >= 11 is 1.86. The van der Waals surface area contributed by atoms with E-state index in [0.717, 1.165) is 40.4 Å². The molecule has 0 fully saturated rings. The fourth-order valence-electron chi connectivity index (χ4n) is 7.40. The van der Waals surface area contributed by atoms with Gasteiger partial charge in [0.15, 0.2) is 0 Å². The molecule has 1 heterocycles. The number of fused-ring (bicyclic) bond motifs is 6. The molecule has 0 amide bonds. The van der Waals surface area contributed by atoms with E-state index in [-0.39, 0.29) is 0 Å². The molecule has 224 valence electrons. The second-order valence-electron chi connectivity index (χ2n) is 12.2. The first-order valence-corrected chi connectivity index (χ1v) is 17.0. The second kappa shape index (κ2) is 11.3. The lowest BCUT2D eigenvalue weighted by atomic mass is 9.87. The number of para-hydroxylation sites is 3. The van der Waals surface area contributed by atoms with E-state index in [1.54, 1.807) is 0 Å². The maximum absolute atomic E-state index is 4.62. The van der Waals surface area contributed by atoms with Crippen molar-refractivity contribution in [2.45, 2.75) is 12.3 Å².